The minimum absolute atomic E-state index is 0.0974. The van der Waals surface area contributed by atoms with Gasteiger partial charge in [0.2, 0.25) is 11.8 Å². The van der Waals surface area contributed by atoms with Crippen molar-refractivity contribution in [2.24, 2.45) is 0 Å². The molecule has 21 heavy (non-hydrogen) atoms. The smallest absolute Gasteiger partial charge is 0.238 e. The quantitative estimate of drug-likeness (QED) is 0.714. The van der Waals surface area contributed by atoms with Crippen molar-refractivity contribution in [2.75, 3.05) is 44.5 Å². The lowest BCUT2D eigenvalue weighted by Gasteiger charge is -2.11. The molecule has 0 bridgehead atoms. The maximum absolute atomic E-state index is 11.7. The molecule has 0 spiro atoms. The Hall–Kier alpha value is -1.92. The first-order valence-corrected chi connectivity index (χ1v) is 6.93. The molecule has 0 aliphatic rings. The Morgan fingerprint density at radius 1 is 1.14 bits per heavy atom. The van der Waals surface area contributed by atoms with E-state index in [0.717, 1.165) is 0 Å². The first kappa shape index (κ1) is 17.1. The second-order valence-corrected chi connectivity index (χ2v) is 4.86. The Bertz CT molecular complexity index is 475. The monoisotopic (exact) mass is 293 g/mol. The molecule has 2 amide bonds. The van der Waals surface area contributed by atoms with E-state index in [1.54, 1.807) is 29.2 Å². The van der Waals surface area contributed by atoms with E-state index in [4.69, 9.17) is 4.74 Å². The summed E-state index contributed by atoms with van der Waals surface area (Å²) >= 11 is 0. The van der Waals surface area contributed by atoms with Crippen LogP contribution in [-0.2, 0) is 14.3 Å². The number of benzene rings is 1. The Labute approximate surface area is 125 Å². The molecule has 6 heteroatoms. The molecule has 1 rings (SSSR count). The zero-order chi connectivity index (χ0) is 15.7. The Balaban J connectivity index is 2.52. The highest BCUT2D eigenvalue weighted by atomic mass is 16.5. The Morgan fingerprint density at radius 3 is 2.33 bits per heavy atom. The van der Waals surface area contributed by atoms with Crippen LogP contribution in [0.15, 0.2) is 24.3 Å². The summed E-state index contributed by atoms with van der Waals surface area (Å²) in [6.07, 6.45) is 0.311. The van der Waals surface area contributed by atoms with Gasteiger partial charge in [-0.05, 0) is 39.2 Å². The van der Waals surface area contributed by atoms with Gasteiger partial charge in [-0.3, -0.25) is 9.59 Å². The largest absolute Gasteiger partial charge is 0.381 e. The van der Waals surface area contributed by atoms with Gasteiger partial charge in [-0.15, -0.1) is 0 Å². The molecule has 0 atom stereocenters. The van der Waals surface area contributed by atoms with Crippen molar-refractivity contribution in [3.05, 3.63) is 24.3 Å². The van der Waals surface area contributed by atoms with Gasteiger partial charge in [0.1, 0.15) is 0 Å². The molecule has 0 radical (unpaired) electrons. The third kappa shape index (κ3) is 7.43. The average Bonchev–Trinajstić information content (AvgIpc) is 2.38. The van der Waals surface area contributed by atoms with Gasteiger partial charge < -0.3 is 20.3 Å². The number of carbonyl (C=O) groups is 2. The summed E-state index contributed by atoms with van der Waals surface area (Å²) < 4.78 is 5.13. The van der Waals surface area contributed by atoms with Crippen LogP contribution in [0, 0.1) is 0 Å². The van der Waals surface area contributed by atoms with Gasteiger partial charge in [0.15, 0.2) is 0 Å². The van der Waals surface area contributed by atoms with Crippen molar-refractivity contribution in [3.63, 3.8) is 0 Å². The molecule has 116 valence electrons. The molecular weight excluding hydrogens is 270 g/mol. The van der Waals surface area contributed by atoms with E-state index in [-0.39, 0.29) is 11.8 Å². The molecule has 6 nitrogen and oxygen atoms in total. The fourth-order valence-electron chi connectivity index (χ4n) is 1.70. The first-order valence-electron chi connectivity index (χ1n) is 6.93. The number of nitrogens with zero attached hydrogens (tertiary/aromatic N) is 1. The van der Waals surface area contributed by atoms with Crippen molar-refractivity contribution in [1.82, 2.24) is 4.90 Å². The molecule has 0 aliphatic heterocycles. The number of rotatable bonds is 8. The fraction of sp³-hybridized carbons (Fsp3) is 0.467. The Kier molecular flexibility index (Phi) is 7.42. The Morgan fingerprint density at radius 2 is 1.76 bits per heavy atom. The highest BCUT2D eigenvalue weighted by Crippen LogP contribution is 2.15. The minimum Gasteiger partial charge on any atom is -0.381 e. The fourth-order valence-corrected chi connectivity index (χ4v) is 1.70. The SMILES string of the molecule is CCOCCC(=O)Nc1cccc(NC(=O)CN(C)C)c1. The summed E-state index contributed by atoms with van der Waals surface area (Å²) in [6.45, 7) is 3.20. The number of nitrogens with one attached hydrogen (secondary N) is 2. The van der Waals surface area contributed by atoms with E-state index >= 15 is 0 Å². The van der Waals surface area contributed by atoms with E-state index in [2.05, 4.69) is 10.6 Å². The molecule has 1 aromatic carbocycles. The maximum Gasteiger partial charge on any atom is 0.238 e. The topological polar surface area (TPSA) is 70.7 Å². The van der Waals surface area contributed by atoms with Crippen molar-refractivity contribution in [1.29, 1.82) is 0 Å². The van der Waals surface area contributed by atoms with Crippen LogP contribution in [0.3, 0.4) is 0 Å². The molecular formula is C15H23N3O3. The average molecular weight is 293 g/mol. The predicted molar refractivity (Wildman–Crippen MR) is 83.4 cm³/mol. The van der Waals surface area contributed by atoms with Crippen LogP contribution in [0.1, 0.15) is 13.3 Å². The van der Waals surface area contributed by atoms with E-state index in [9.17, 15) is 9.59 Å². The van der Waals surface area contributed by atoms with Crippen LogP contribution < -0.4 is 10.6 Å². The minimum atomic E-state index is -0.111. The standard InChI is InChI=1S/C15H23N3O3/c1-4-21-9-8-14(19)16-12-6-5-7-13(10-12)17-15(20)11-18(2)3/h5-7,10H,4,8-9,11H2,1-3H3,(H,16,19)(H,17,20). The van der Waals surface area contributed by atoms with Gasteiger partial charge in [-0.1, -0.05) is 6.07 Å². The molecule has 0 fully saturated rings. The first-order chi connectivity index (χ1) is 10.0. The molecule has 2 N–H and O–H groups in total. The summed E-state index contributed by atoms with van der Waals surface area (Å²) in [5.74, 6) is -0.208. The number of amides is 2. The number of hydrogen-bond acceptors (Lipinski definition) is 4. The normalized spacial score (nSPS) is 10.5. The van der Waals surface area contributed by atoms with Crippen molar-refractivity contribution in [3.8, 4) is 0 Å². The lowest BCUT2D eigenvalue weighted by molar-refractivity contribution is -0.117. The number of hydrogen-bond donors (Lipinski definition) is 2. The number of carbonyl (C=O) groups excluding carboxylic acids is 2. The second-order valence-electron chi connectivity index (χ2n) is 4.86. The van der Waals surface area contributed by atoms with Crippen LogP contribution in [0.5, 0.6) is 0 Å². The van der Waals surface area contributed by atoms with E-state index in [1.165, 1.54) is 0 Å². The van der Waals surface area contributed by atoms with Gasteiger partial charge in [0.05, 0.1) is 19.6 Å². The van der Waals surface area contributed by atoms with Crippen molar-refractivity contribution in [2.45, 2.75) is 13.3 Å². The predicted octanol–water partition coefficient (Wildman–Crippen LogP) is 1.55. The summed E-state index contributed by atoms with van der Waals surface area (Å²) in [6, 6.07) is 7.07. The zero-order valence-electron chi connectivity index (χ0n) is 12.8. The van der Waals surface area contributed by atoms with Gasteiger partial charge in [-0.2, -0.15) is 0 Å². The third-order valence-electron chi connectivity index (χ3n) is 2.57. The molecule has 0 aliphatic carbocycles. The summed E-state index contributed by atoms with van der Waals surface area (Å²) in [7, 11) is 3.66. The van der Waals surface area contributed by atoms with Crippen molar-refractivity contribution >= 4 is 23.2 Å². The summed E-state index contributed by atoms with van der Waals surface area (Å²) in [5, 5.41) is 5.56. The van der Waals surface area contributed by atoms with Gasteiger partial charge in [-0.25, -0.2) is 0 Å². The summed E-state index contributed by atoms with van der Waals surface area (Å²) in [5.41, 5.74) is 1.31. The van der Waals surface area contributed by atoms with Gasteiger partial charge in [0, 0.05) is 18.0 Å². The van der Waals surface area contributed by atoms with Crippen molar-refractivity contribution < 1.29 is 14.3 Å². The summed E-state index contributed by atoms with van der Waals surface area (Å²) in [4.78, 5) is 25.1. The highest BCUT2D eigenvalue weighted by molar-refractivity contribution is 5.94. The molecule has 0 unspecified atom stereocenters. The molecule has 1 aromatic rings. The maximum atomic E-state index is 11.7. The molecule has 0 aromatic heterocycles. The van der Waals surface area contributed by atoms with Crippen LogP contribution >= 0.6 is 0 Å². The van der Waals surface area contributed by atoms with Crippen LogP contribution in [0.2, 0.25) is 0 Å². The van der Waals surface area contributed by atoms with Gasteiger partial charge in [0.25, 0.3) is 0 Å². The van der Waals surface area contributed by atoms with E-state index in [1.807, 2.05) is 21.0 Å². The van der Waals surface area contributed by atoms with Crippen LogP contribution in [0.25, 0.3) is 0 Å². The zero-order valence-corrected chi connectivity index (χ0v) is 12.8. The number of likely N-dealkylation sites (N-methyl/N-ethyl adjacent to an activating group) is 1. The lowest BCUT2D eigenvalue weighted by Crippen LogP contribution is -2.27. The van der Waals surface area contributed by atoms with E-state index < -0.39 is 0 Å². The van der Waals surface area contributed by atoms with Gasteiger partial charge >= 0.3 is 0 Å². The number of anilines is 2. The van der Waals surface area contributed by atoms with E-state index in [0.29, 0.717) is 37.6 Å². The third-order valence-corrected chi connectivity index (χ3v) is 2.57. The van der Waals surface area contributed by atoms with Crippen LogP contribution in [0.4, 0.5) is 11.4 Å². The second kappa shape index (κ2) is 9.10. The highest BCUT2D eigenvalue weighted by Gasteiger charge is 2.06. The molecule has 0 saturated carbocycles. The lowest BCUT2D eigenvalue weighted by atomic mass is 10.2. The molecule has 0 saturated heterocycles. The van der Waals surface area contributed by atoms with Crippen LogP contribution in [-0.4, -0.2) is 50.6 Å². The number of ether oxygens (including phenoxy) is 1. The molecule has 0 heterocycles.